The van der Waals surface area contributed by atoms with Crippen molar-refractivity contribution in [3.8, 4) is 5.69 Å². The molecule has 0 spiro atoms. The summed E-state index contributed by atoms with van der Waals surface area (Å²) in [5.74, 6) is 0. The number of hydrogen-bond donors (Lipinski definition) is 1. The molecule has 1 heterocycles. The number of benzene rings is 1. The maximum Gasteiger partial charge on any atom is 0.0648 e. The molecule has 1 aromatic carbocycles. The number of rotatable bonds is 6. The van der Waals surface area contributed by atoms with E-state index in [1.54, 1.807) is 6.20 Å². The number of hydrogen-bond acceptors (Lipinski definition) is 3. The maximum absolute atomic E-state index is 8.99. The van der Waals surface area contributed by atoms with Crippen LogP contribution in [-0.4, -0.2) is 39.5 Å². The van der Waals surface area contributed by atoms with Gasteiger partial charge in [0, 0.05) is 25.5 Å². The first-order valence-electron chi connectivity index (χ1n) is 6.25. The molecule has 0 radical (unpaired) electrons. The van der Waals surface area contributed by atoms with Crippen molar-refractivity contribution in [2.45, 2.75) is 13.5 Å². The molecule has 2 aromatic rings. The van der Waals surface area contributed by atoms with Crippen molar-refractivity contribution in [3.05, 3.63) is 48.3 Å². The van der Waals surface area contributed by atoms with Crippen molar-refractivity contribution in [1.29, 1.82) is 0 Å². The van der Waals surface area contributed by atoms with E-state index < -0.39 is 0 Å². The number of likely N-dealkylation sites (N-methyl/N-ethyl adjacent to an activating group) is 1. The molecule has 4 heteroatoms. The van der Waals surface area contributed by atoms with Crippen molar-refractivity contribution in [2.75, 3.05) is 19.7 Å². The van der Waals surface area contributed by atoms with Crippen molar-refractivity contribution in [2.24, 2.45) is 0 Å². The second kappa shape index (κ2) is 6.33. The zero-order valence-corrected chi connectivity index (χ0v) is 10.7. The number of aromatic nitrogens is 2. The minimum atomic E-state index is 0.201. The largest absolute Gasteiger partial charge is 0.395 e. The Labute approximate surface area is 107 Å². The van der Waals surface area contributed by atoms with Gasteiger partial charge in [-0.1, -0.05) is 19.1 Å². The van der Waals surface area contributed by atoms with Crippen LogP contribution >= 0.6 is 0 Å². The molecule has 0 aliphatic heterocycles. The van der Waals surface area contributed by atoms with Gasteiger partial charge in [-0.2, -0.15) is 5.10 Å². The molecule has 0 unspecified atom stereocenters. The first-order chi connectivity index (χ1) is 8.83. The Morgan fingerprint density at radius 2 is 2.22 bits per heavy atom. The Bertz CT molecular complexity index is 468. The molecule has 0 saturated heterocycles. The Kier molecular flexibility index (Phi) is 4.50. The molecule has 1 N–H and O–H groups in total. The zero-order valence-electron chi connectivity index (χ0n) is 10.7. The summed E-state index contributed by atoms with van der Waals surface area (Å²) in [6.45, 7) is 4.81. The normalized spacial score (nSPS) is 11.1. The molecular formula is C14H19N3O. The molecule has 0 fully saturated rings. The third-order valence-electron chi connectivity index (χ3n) is 2.95. The van der Waals surface area contributed by atoms with Crippen molar-refractivity contribution >= 4 is 0 Å². The Hall–Kier alpha value is -1.65. The lowest BCUT2D eigenvalue weighted by Crippen LogP contribution is -2.26. The number of aliphatic hydroxyl groups excluding tert-OH is 1. The van der Waals surface area contributed by atoms with Crippen LogP contribution in [-0.2, 0) is 6.54 Å². The second-order valence-electron chi connectivity index (χ2n) is 4.21. The van der Waals surface area contributed by atoms with E-state index in [0.717, 1.165) is 18.8 Å². The summed E-state index contributed by atoms with van der Waals surface area (Å²) in [6.07, 6.45) is 3.71. The van der Waals surface area contributed by atoms with E-state index in [2.05, 4.69) is 29.1 Å². The summed E-state index contributed by atoms with van der Waals surface area (Å²) in [4.78, 5) is 2.21. The summed E-state index contributed by atoms with van der Waals surface area (Å²) in [6, 6.07) is 10.2. The topological polar surface area (TPSA) is 41.3 Å². The summed E-state index contributed by atoms with van der Waals surface area (Å²) in [7, 11) is 0. The number of aliphatic hydroxyl groups is 1. The fourth-order valence-corrected chi connectivity index (χ4v) is 1.97. The van der Waals surface area contributed by atoms with Gasteiger partial charge in [0.15, 0.2) is 0 Å². The van der Waals surface area contributed by atoms with Crippen LogP contribution < -0.4 is 0 Å². The molecule has 0 aliphatic rings. The van der Waals surface area contributed by atoms with Crippen molar-refractivity contribution in [1.82, 2.24) is 14.7 Å². The van der Waals surface area contributed by atoms with Crippen molar-refractivity contribution < 1.29 is 5.11 Å². The van der Waals surface area contributed by atoms with Gasteiger partial charge in [-0.05, 0) is 30.3 Å². The van der Waals surface area contributed by atoms with Gasteiger partial charge in [0.05, 0.1) is 12.3 Å². The van der Waals surface area contributed by atoms with Gasteiger partial charge in [0.2, 0.25) is 0 Å². The van der Waals surface area contributed by atoms with Gasteiger partial charge in [-0.15, -0.1) is 0 Å². The van der Waals surface area contributed by atoms with Crippen molar-refractivity contribution in [3.63, 3.8) is 0 Å². The van der Waals surface area contributed by atoms with Gasteiger partial charge >= 0.3 is 0 Å². The van der Waals surface area contributed by atoms with Crippen LogP contribution in [0.4, 0.5) is 0 Å². The van der Waals surface area contributed by atoms with Gasteiger partial charge in [-0.25, -0.2) is 4.68 Å². The average Bonchev–Trinajstić information content (AvgIpc) is 2.92. The zero-order chi connectivity index (χ0) is 12.8. The van der Waals surface area contributed by atoms with Crippen LogP contribution in [0.2, 0.25) is 0 Å². The monoisotopic (exact) mass is 245 g/mol. The van der Waals surface area contributed by atoms with E-state index in [9.17, 15) is 0 Å². The molecule has 2 rings (SSSR count). The number of nitrogens with zero attached hydrogens (tertiary/aromatic N) is 3. The highest BCUT2D eigenvalue weighted by Gasteiger charge is 2.04. The summed E-state index contributed by atoms with van der Waals surface area (Å²) in [5, 5.41) is 13.2. The van der Waals surface area contributed by atoms with Crippen LogP contribution in [0.15, 0.2) is 42.7 Å². The molecule has 4 nitrogen and oxygen atoms in total. The third-order valence-corrected chi connectivity index (χ3v) is 2.95. The molecule has 0 amide bonds. The molecule has 0 atom stereocenters. The van der Waals surface area contributed by atoms with Crippen LogP contribution in [0.25, 0.3) is 5.69 Å². The molecule has 0 bridgehead atoms. The van der Waals surface area contributed by atoms with E-state index in [1.807, 2.05) is 29.1 Å². The van der Waals surface area contributed by atoms with E-state index >= 15 is 0 Å². The lowest BCUT2D eigenvalue weighted by atomic mass is 10.2. The lowest BCUT2D eigenvalue weighted by Gasteiger charge is -2.19. The minimum absolute atomic E-state index is 0.201. The smallest absolute Gasteiger partial charge is 0.0648 e. The summed E-state index contributed by atoms with van der Waals surface area (Å²) in [5.41, 5.74) is 2.30. The highest BCUT2D eigenvalue weighted by atomic mass is 16.3. The Morgan fingerprint density at radius 1 is 1.33 bits per heavy atom. The lowest BCUT2D eigenvalue weighted by molar-refractivity contribution is 0.197. The predicted molar refractivity (Wildman–Crippen MR) is 71.6 cm³/mol. The van der Waals surface area contributed by atoms with Gasteiger partial charge < -0.3 is 5.11 Å². The quantitative estimate of drug-likeness (QED) is 0.842. The minimum Gasteiger partial charge on any atom is -0.395 e. The van der Waals surface area contributed by atoms with E-state index in [1.165, 1.54) is 5.56 Å². The summed E-state index contributed by atoms with van der Waals surface area (Å²) >= 11 is 0. The van der Waals surface area contributed by atoms with Gasteiger partial charge in [0.25, 0.3) is 0 Å². The molecule has 18 heavy (non-hydrogen) atoms. The predicted octanol–water partition coefficient (Wildman–Crippen LogP) is 1.69. The molecule has 96 valence electrons. The van der Waals surface area contributed by atoms with Gasteiger partial charge in [-0.3, -0.25) is 4.90 Å². The maximum atomic E-state index is 8.99. The Morgan fingerprint density at radius 3 is 2.89 bits per heavy atom. The van der Waals surface area contributed by atoms with E-state index in [-0.39, 0.29) is 6.61 Å². The molecule has 0 aliphatic carbocycles. The van der Waals surface area contributed by atoms with E-state index in [4.69, 9.17) is 5.11 Å². The fourth-order valence-electron chi connectivity index (χ4n) is 1.97. The van der Waals surface area contributed by atoms with Crippen LogP contribution in [0.3, 0.4) is 0 Å². The standard InChI is InChI=1S/C14H19N3O/c1-2-16(9-10-18)12-13-5-3-6-14(11-13)17-8-4-7-15-17/h3-8,11,18H,2,9-10,12H2,1H3. The fraction of sp³-hybridized carbons (Fsp3) is 0.357. The van der Waals surface area contributed by atoms with Gasteiger partial charge in [0.1, 0.15) is 0 Å². The average molecular weight is 245 g/mol. The first kappa shape index (κ1) is 12.8. The third kappa shape index (κ3) is 3.18. The second-order valence-corrected chi connectivity index (χ2v) is 4.21. The van der Waals surface area contributed by atoms with Crippen LogP contribution in [0.5, 0.6) is 0 Å². The van der Waals surface area contributed by atoms with E-state index in [0.29, 0.717) is 6.54 Å². The Balaban J connectivity index is 2.12. The first-order valence-corrected chi connectivity index (χ1v) is 6.25. The molecule has 1 aromatic heterocycles. The highest BCUT2D eigenvalue weighted by Crippen LogP contribution is 2.11. The van der Waals surface area contributed by atoms with Crippen LogP contribution in [0, 0.1) is 0 Å². The van der Waals surface area contributed by atoms with Crippen LogP contribution in [0.1, 0.15) is 12.5 Å². The summed E-state index contributed by atoms with van der Waals surface area (Å²) < 4.78 is 1.85. The highest BCUT2D eigenvalue weighted by molar-refractivity contribution is 5.34. The molecule has 0 saturated carbocycles. The SMILES string of the molecule is CCN(CCO)Cc1cccc(-n2cccn2)c1. The molecular weight excluding hydrogens is 226 g/mol.